The van der Waals surface area contributed by atoms with Gasteiger partial charge in [-0.1, -0.05) is 66.7 Å². The van der Waals surface area contributed by atoms with Gasteiger partial charge in [0.25, 0.3) is 5.91 Å². The minimum absolute atomic E-state index is 0.0449. The van der Waals surface area contributed by atoms with Gasteiger partial charge in [0.2, 0.25) is 5.91 Å². The molecule has 0 aliphatic carbocycles. The first-order valence-corrected chi connectivity index (χ1v) is 17.7. The molecule has 276 valence electrons. The normalized spacial score (nSPS) is 21.6. The van der Waals surface area contributed by atoms with Crippen LogP contribution in [-0.2, 0) is 50.0 Å². The van der Waals surface area contributed by atoms with Crippen molar-refractivity contribution >= 4 is 23.6 Å². The number of hydrogen-bond donors (Lipinski definition) is 2. The second kappa shape index (κ2) is 16.2. The molecule has 0 radical (unpaired) electrons. The molecular formula is C41H43N3O9. The summed E-state index contributed by atoms with van der Waals surface area (Å²) in [6.07, 6.45) is -0.611. The van der Waals surface area contributed by atoms with Crippen LogP contribution in [0.4, 0.5) is 10.5 Å². The molecule has 3 amide bonds. The zero-order valence-electron chi connectivity index (χ0n) is 29.7. The molecule has 53 heavy (non-hydrogen) atoms. The second-order valence-electron chi connectivity index (χ2n) is 13.4. The lowest BCUT2D eigenvalue weighted by molar-refractivity contribution is -0.253. The minimum Gasteiger partial charge on any atom is -0.493 e. The van der Waals surface area contributed by atoms with E-state index in [1.165, 1.54) is 11.1 Å². The van der Waals surface area contributed by atoms with Crippen molar-refractivity contribution < 1.29 is 43.2 Å². The predicted octanol–water partition coefficient (Wildman–Crippen LogP) is 5.36. The number of aliphatic hydroxyl groups is 1. The number of carbonyl (C=O) groups is 3. The van der Waals surface area contributed by atoms with Crippen molar-refractivity contribution in [2.24, 2.45) is 0 Å². The Labute approximate surface area is 308 Å². The highest BCUT2D eigenvalue weighted by molar-refractivity contribution is 6.22. The van der Waals surface area contributed by atoms with Crippen LogP contribution in [0.25, 0.3) is 0 Å². The molecule has 2 saturated heterocycles. The molecule has 0 saturated carbocycles. The van der Waals surface area contributed by atoms with Crippen LogP contribution in [0.1, 0.15) is 58.6 Å². The number of rotatable bonds is 11. The number of amides is 3. The fourth-order valence-electron chi connectivity index (χ4n) is 7.12. The Bertz CT molecular complexity index is 1920. The average molecular weight is 722 g/mol. The number of imide groups is 1. The van der Waals surface area contributed by atoms with Crippen molar-refractivity contribution in [3.63, 3.8) is 0 Å². The maximum Gasteiger partial charge on any atom is 0.408 e. The molecule has 3 heterocycles. The Hall–Kier alpha value is -5.27. The average Bonchev–Trinajstić information content (AvgIpc) is 3.47. The molecule has 7 rings (SSSR count). The number of anilines is 1. The predicted molar refractivity (Wildman–Crippen MR) is 194 cm³/mol. The van der Waals surface area contributed by atoms with Gasteiger partial charge in [-0.2, -0.15) is 0 Å². The number of carbonyl (C=O) groups excluding carboxylic acids is 3. The summed E-state index contributed by atoms with van der Waals surface area (Å²) < 4.78 is 29.5. The van der Waals surface area contributed by atoms with Crippen LogP contribution in [-0.4, -0.2) is 67.4 Å². The third kappa shape index (κ3) is 8.21. The van der Waals surface area contributed by atoms with Crippen molar-refractivity contribution in [2.75, 3.05) is 32.2 Å². The summed E-state index contributed by atoms with van der Waals surface area (Å²) in [7, 11) is 3.29. The SMILES string of the molecule is COc1cc2c(cc1OC)CN(C[C@H]1C[C@@H](c3ccc(CO)cc3)O[C@@H](c3ccc(N4C(=O)CC(NC(=O)OCc5ccccc5)C4=O)cc3)O1)CC2. The van der Waals surface area contributed by atoms with E-state index < -0.39 is 30.2 Å². The molecule has 4 aromatic rings. The van der Waals surface area contributed by atoms with Crippen LogP contribution >= 0.6 is 0 Å². The summed E-state index contributed by atoms with van der Waals surface area (Å²) in [4.78, 5) is 42.2. The van der Waals surface area contributed by atoms with E-state index in [1.807, 2.05) is 60.7 Å². The second-order valence-corrected chi connectivity index (χ2v) is 13.4. The number of nitrogens with zero attached hydrogens (tertiary/aromatic N) is 2. The highest BCUT2D eigenvalue weighted by atomic mass is 16.7. The Kier molecular flexibility index (Phi) is 11.0. The van der Waals surface area contributed by atoms with Crippen LogP contribution < -0.4 is 19.7 Å². The zero-order valence-corrected chi connectivity index (χ0v) is 29.7. The van der Waals surface area contributed by atoms with Crippen molar-refractivity contribution in [2.45, 2.75) is 63.6 Å². The van der Waals surface area contributed by atoms with Gasteiger partial charge < -0.3 is 34.1 Å². The van der Waals surface area contributed by atoms with Gasteiger partial charge in [-0.3, -0.25) is 14.5 Å². The van der Waals surface area contributed by atoms with Crippen molar-refractivity contribution in [3.05, 3.63) is 124 Å². The van der Waals surface area contributed by atoms with E-state index in [0.717, 1.165) is 52.4 Å². The lowest BCUT2D eigenvalue weighted by Crippen LogP contribution is -2.42. The molecule has 3 aliphatic heterocycles. The van der Waals surface area contributed by atoms with Gasteiger partial charge in [0.05, 0.1) is 45.1 Å². The van der Waals surface area contributed by atoms with Crippen LogP contribution in [0, 0.1) is 0 Å². The van der Waals surface area contributed by atoms with E-state index in [1.54, 1.807) is 38.5 Å². The molecule has 3 aliphatic rings. The fraction of sp³-hybridized carbons (Fsp3) is 0.341. The van der Waals surface area contributed by atoms with Crippen LogP contribution in [0.5, 0.6) is 11.5 Å². The molecule has 12 nitrogen and oxygen atoms in total. The van der Waals surface area contributed by atoms with Gasteiger partial charge in [-0.25, -0.2) is 9.69 Å². The van der Waals surface area contributed by atoms with Crippen molar-refractivity contribution in [1.29, 1.82) is 0 Å². The Morgan fingerprint density at radius 1 is 0.868 bits per heavy atom. The monoisotopic (exact) mass is 721 g/mol. The zero-order chi connectivity index (χ0) is 36.9. The van der Waals surface area contributed by atoms with Crippen LogP contribution in [0.3, 0.4) is 0 Å². The number of aliphatic hydroxyl groups excluding tert-OH is 1. The number of ether oxygens (including phenoxy) is 5. The summed E-state index contributed by atoms with van der Waals surface area (Å²) in [6, 6.07) is 27.0. The summed E-state index contributed by atoms with van der Waals surface area (Å²) >= 11 is 0. The molecule has 4 atom stereocenters. The molecule has 0 bridgehead atoms. The molecule has 4 aromatic carbocycles. The van der Waals surface area contributed by atoms with Crippen LogP contribution in [0.15, 0.2) is 91.0 Å². The number of alkyl carbamates (subject to hydrolysis) is 1. The highest BCUT2D eigenvalue weighted by Crippen LogP contribution is 2.40. The molecule has 0 spiro atoms. The molecule has 2 fully saturated rings. The lowest BCUT2D eigenvalue weighted by Gasteiger charge is -2.39. The van der Waals surface area contributed by atoms with E-state index in [-0.39, 0.29) is 31.8 Å². The minimum atomic E-state index is -1.03. The van der Waals surface area contributed by atoms with Crippen molar-refractivity contribution in [1.82, 2.24) is 10.2 Å². The first-order valence-electron chi connectivity index (χ1n) is 17.7. The van der Waals surface area contributed by atoms with E-state index in [9.17, 15) is 19.5 Å². The lowest BCUT2D eigenvalue weighted by atomic mass is 9.97. The van der Waals surface area contributed by atoms with Gasteiger partial charge in [-0.05, 0) is 58.5 Å². The standard InChI is InChI=1S/C41H43N3O9/c1-49-36-18-30-16-17-43(22-31(30)19-37(36)50-2)23-33-20-35(28-10-8-26(24-45)9-11-28)53-40(52-33)29-12-14-32(15-13-29)44-38(46)21-34(39(44)47)42-41(48)51-25-27-6-4-3-5-7-27/h3-15,18-19,33-35,40,45H,16-17,20-25H2,1-2H3,(H,42,48)/t33-,34?,35+,40+/m1/s1. The Morgan fingerprint density at radius 2 is 1.57 bits per heavy atom. The summed E-state index contributed by atoms with van der Waals surface area (Å²) in [5.41, 5.74) is 6.15. The first-order chi connectivity index (χ1) is 25.8. The molecule has 2 N–H and O–H groups in total. The number of benzene rings is 4. The smallest absolute Gasteiger partial charge is 0.408 e. The highest BCUT2D eigenvalue weighted by Gasteiger charge is 2.41. The first kappa shape index (κ1) is 36.1. The third-order valence-electron chi connectivity index (χ3n) is 9.95. The van der Waals surface area contributed by atoms with Gasteiger partial charge in [0, 0.05) is 31.6 Å². The third-order valence-corrected chi connectivity index (χ3v) is 9.95. The van der Waals surface area contributed by atoms with Crippen LogP contribution in [0.2, 0.25) is 0 Å². The maximum absolute atomic E-state index is 13.3. The molecule has 1 unspecified atom stereocenters. The van der Waals surface area contributed by atoms with Gasteiger partial charge in [0.15, 0.2) is 17.8 Å². The van der Waals surface area contributed by atoms with Gasteiger partial charge >= 0.3 is 6.09 Å². The molecule has 12 heteroatoms. The molecular weight excluding hydrogens is 678 g/mol. The van der Waals surface area contributed by atoms with E-state index in [0.29, 0.717) is 24.4 Å². The fourth-order valence-corrected chi connectivity index (χ4v) is 7.12. The van der Waals surface area contributed by atoms with E-state index >= 15 is 0 Å². The number of methoxy groups -OCH3 is 2. The Morgan fingerprint density at radius 3 is 2.26 bits per heavy atom. The molecule has 0 aromatic heterocycles. The van der Waals surface area contributed by atoms with Gasteiger partial charge in [0.1, 0.15) is 12.6 Å². The number of fused-ring (bicyclic) bond motifs is 1. The van der Waals surface area contributed by atoms with E-state index in [4.69, 9.17) is 23.7 Å². The summed E-state index contributed by atoms with van der Waals surface area (Å²) in [5.74, 6) is 0.475. The number of nitrogens with one attached hydrogen (secondary N) is 1. The number of hydrogen-bond acceptors (Lipinski definition) is 10. The largest absolute Gasteiger partial charge is 0.493 e. The Balaban J connectivity index is 1.04. The topological polar surface area (TPSA) is 136 Å². The van der Waals surface area contributed by atoms with Gasteiger partial charge in [-0.15, -0.1) is 0 Å². The maximum atomic E-state index is 13.3. The summed E-state index contributed by atoms with van der Waals surface area (Å²) in [6.45, 7) is 2.28. The summed E-state index contributed by atoms with van der Waals surface area (Å²) in [5, 5.41) is 12.1. The quantitative estimate of drug-likeness (QED) is 0.195. The van der Waals surface area contributed by atoms with Crippen molar-refractivity contribution in [3.8, 4) is 11.5 Å². The van der Waals surface area contributed by atoms with E-state index in [2.05, 4.69) is 16.3 Å².